The Morgan fingerprint density at radius 3 is 2.29 bits per heavy atom. The molecule has 0 saturated carbocycles. The van der Waals surface area contributed by atoms with Gasteiger partial charge in [0.25, 0.3) is 11.8 Å². The number of nitrogens with zero attached hydrogens (tertiary/aromatic N) is 2. The summed E-state index contributed by atoms with van der Waals surface area (Å²) in [4.78, 5) is 27.2. The molecule has 1 saturated heterocycles. The Kier molecular flexibility index (Phi) is 5.46. The number of amides is 2. The first-order valence-corrected chi connectivity index (χ1v) is 7.92. The molecule has 0 N–H and O–H groups in total. The first-order chi connectivity index (χ1) is 11.3. The third kappa shape index (κ3) is 3.22. The summed E-state index contributed by atoms with van der Waals surface area (Å²) < 4.78 is 10.7. The van der Waals surface area contributed by atoms with Gasteiger partial charge in [0.05, 0.1) is 18.7 Å². The van der Waals surface area contributed by atoms with E-state index in [1.54, 1.807) is 12.1 Å². The summed E-state index contributed by atoms with van der Waals surface area (Å²) in [7, 11) is 4.53. The molecule has 2 amide bonds. The molecule has 1 heterocycles. The van der Waals surface area contributed by atoms with Crippen molar-refractivity contribution in [1.82, 2.24) is 9.80 Å². The molecule has 6 nitrogen and oxygen atoms in total. The molecule has 1 aliphatic heterocycles. The van der Waals surface area contributed by atoms with Gasteiger partial charge in [0.15, 0.2) is 16.6 Å². The van der Waals surface area contributed by atoms with Gasteiger partial charge in [-0.15, -0.1) is 0 Å². The van der Waals surface area contributed by atoms with Crippen molar-refractivity contribution >= 4 is 46.8 Å². The minimum absolute atomic E-state index is 0.00382. The van der Waals surface area contributed by atoms with Gasteiger partial charge < -0.3 is 9.47 Å². The molecule has 0 bridgehead atoms. The molecule has 0 aromatic heterocycles. The molecule has 0 aliphatic carbocycles. The number of carbonyl (C=O) groups excluding carboxylic acids is 2. The van der Waals surface area contributed by atoms with Crippen LogP contribution in [0.5, 0.6) is 11.5 Å². The largest absolute Gasteiger partial charge is 0.493 e. The molecule has 1 aromatic carbocycles. The average Bonchev–Trinajstić information content (AvgIpc) is 2.57. The lowest BCUT2D eigenvalue weighted by Crippen LogP contribution is -2.52. The highest BCUT2D eigenvalue weighted by Crippen LogP contribution is 2.37. The summed E-state index contributed by atoms with van der Waals surface area (Å²) in [6.45, 7) is 2.26. The summed E-state index contributed by atoms with van der Waals surface area (Å²) >= 11 is 11.3. The summed E-state index contributed by atoms with van der Waals surface area (Å²) in [5.41, 5.74) is 0.544. The Bertz CT molecular complexity index is 722. The summed E-state index contributed by atoms with van der Waals surface area (Å²) in [6, 6.07) is 3.26. The van der Waals surface area contributed by atoms with Gasteiger partial charge in [-0.3, -0.25) is 19.4 Å². The predicted octanol–water partition coefficient (Wildman–Crippen LogP) is 2.35. The molecule has 1 fully saturated rings. The Balaban J connectivity index is 2.50. The topological polar surface area (TPSA) is 59.1 Å². The molecule has 8 heteroatoms. The van der Waals surface area contributed by atoms with E-state index in [1.807, 2.05) is 6.92 Å². The predicted molar refractivity (Wildman–Crippen MR) is 95.3 cm³/mol. The fraction of sp³-hybridized carbons (Fsp3) is 0.312. The fourth-order valence-electron chi connectivity index (χ4n) is 2.25. The van der Waals surface area contributed by atoms with Gasteiger partial charge in [-0.05, 0) is 42.9 Å². The van der Waals surface area contributed by atoms with E-state index in [9.17, 15) is 9.59 Å². The van der Waals surface area contributed by atoms with E-state index in [4.69, 9.17) is 33.3 Å². The van der Waals surface area contributed by atoms with Crippen LogP contribution in [0.3, 0.4) is 0 Å². The van der Waals surface area contributed by atoms with Gasteiger partial charge in [0.1, 0.15) is 5.57 Å². The van der Waals surface area contributed by atoms with E-state index in [2.05, 4.69) is 0 Å². The summed E-state index contributed by atoms with van der Waals surface area (Å²) in [5, 5.41) is 0.487. The van der Waals surface area contributed by atoms with Crippen molar-refractivity contribution in [3.05, 3.63) is 28.3 Å². The molecule has 0 radical (unpaired) electrons. The van der Waals surface area contributed by atoms with Crippen molar-refractivity contribution in [3.63, 3.8) is 0 Å². The standard InChI is InChI=1S/C16H17ClN2O4S/c1-5-23-13-11(17)7-9(8-12(13)22-4)6-10-14(20)18(2)16(24)19(3)15(10)21/h6-8H,5H2,1-4H3. The second-order valence-electron chi connectivity index (χ2n) is 5.04. The number of carbonyl (C=O) groups is 2. The lowest BCUT2D eigenvalue weighted by Gasteiger charge is -2.31. The minimum Gasteiger partial charge on any atom is -0.493 e. The molecule has 2 rings (SSSR count). The van der Waals surface area contributed by atoms with E-state index >= 15 is 0 Å². The molecule has 128 valence electrons. The van der Waals surface area contributed by atoms with Crippen molar-refractivity contribution in [1.29, 1.82) is 0 Å². The second kappa shape index (κ2) is 7.19. The molecule has 1 aromatic rings. The number of rotatable bonds is 4. The van der Waals surface area contributed by atoms with Crippen LogP contribution >= 0.6 is 23.8 Å². The quantitative estimate of drug-likeness (QED) is 0.464. The van der Waals surface area contributed by atoms with E-state index in [0.29, 0.717) is 28.7 Å². The summed E-state index contributed by atoms with van der Waals surface area (Å²) in [5.74, 6) is -0.0937. The number of thiocarbonyl (C=S) groups is 1. The maximum Gasteiger partial charge on any atom is 0.265 e. The van der Waals surface area contributed by atoms with Gasteiger partial charge >= 0.3 is 0 Å². The van der Waals surface area contributed by atoms with E-state index in [0.717, 1.165) is 0 Å². The van der Waals surface area contributed by atoms with Crippen LogP contribution in [0.4, 0.5) is 0 Å². The van der Waals surface area contributed by atoms with Crippen molar-refractivity contribution < 1.29 is 19.1 Å². The second-order valence-corrected chi connectivity index (χ2v) is 5.81. The molecular formula is C16H17ClN2O4S. The van der Waals surface area contributed by atoms with E-state index in [1.165, 1.54) is 37.1 Å². The van der Waals surface area contributed by atoms with E-state index < -0.39 is 11.8 Å². The van der Waals surface area contributed by atoms with E-state index in [-0.39, 0.29) is 10.7 Å². The zero-order chi connectivity index (χ0) is 18.0. The molecular weight excluding hydrogens is 352 g/mol. The Hall–Kier alpha value is -2.12. The number of methoxy groups -OCH3 is 1. The third-order valence-electron chi connectivity index (χ3n) is 3.50. The molecule has 24 heavy (non-hydrogen) atoms. The van der Waals surface area contributed by atoms with Crippen LogP contribution in [-0.4, -0.2) is 54.5 Å². The highest BCUT2D eigenvalue weighted by Gasteiger charge is 2.35. The number of ether oxygens (including phenoxy) is 2. The lowest BCUT2D eigenvalue weighted by molar-refractivity contribution is -0.132. The van der Waals surface area contributed by atoms with Gasteiger partial charge in [0.2, 0.25) is 0 Å². The molecule has 0 spiro atoms. The molecule has 1 aliphatic rings. The van der Waals surface area contributed by atoms with Crippen molar-refractivity contribution in [2.75, 3.05) is 27.8 Å². The van der Waals surface area contributed by atoms with Crippen LogP contribution < -0.4 is 9.47 Å². The van der Waals surface area contributed by atoms with Crippen LogP contribution in [0.2, 0.25) is 5.02 Å². The van der Waals surface area contributed by atoms with Crippen molar-refractivity contribution in [3.8, 4) is 11.5 Å². The minimum atomic E-state index is -0.466. The summed E-state index contributed by atoms with van der Waals surface area (Å²) in [6.07, 6.45) is 1.46. The first kappa shape index (κ1) is 18.2. The average molecular weight is 369 g/mol. The zero-order valence-electron chi connectivity index (χ0n) is 13.8. The van der Waals surface area contributed by atoms with Crippen LogP contribution in [0.1, 0.15) is 12.5 Å². The van der Waals surface area contributed by atoms with Gasteiger partial charge in [-0.2, -0.15) is 0 Å². The van der Waals surface area contributed by atoms with Crippen LogP contribution in [-0.2, 0) is 9.59 Å². The van der Waals surface area contributed by atoms with Gasteiger partial charge in [-0.25, -0.2) is 0 Å². The Labute approximate surface area is 150 Å². The molecule has 0 unspecified atom stereocenters. The SMILES string of the molecule is CCOc1c(Cl)cc(C=C2C(=O)N(C)C(=S)N(C)C2=O)cc1OC. The van der Waals surface area contributed by atoms with Gasteiger partial charge in [-0.1, -0.05) is 11.6 Å². The number of likely N-dealkylation sites (N-methyl/N-ethyl adjacent to an activating group) is 2. The van der Waals surface area contributed by atoms with Crippen LogP contribution in [0.15, 0.2) is 17.7 Å². The highest BCUT2D eigenvalue weighted by atomic mass is 35.5. The normalized spacial score (nSPS) is 15.0. The highest BCUT2D eigenvalue weighted by molar-refractivity contribution is 7.80. The fourth-order valence-corrected chi connectivity index (χ4v) is 2.69. The Morgan fingerprint density at radius 2 is 1.79 bits per heavy atom. The lowest BCUT2D eigenvalue weighted by atomic mass is 10.1. The van der Waals surface area contributed by atoms with Crippen molar-refractivity contribution in [2.45, 2.75) is 6.92 Å². The van der Waals surface area contributed by atoms with Crippen molar-refractivity contribution in [2.24, 2.45) is 0 Å². The first-order valence-electron chi connectivity index (χ1n) is 7.13. The number of hydrogen-bond acceptors (Lipinski definition) is 5. The molecule has 0 atom stereocenters. The van der Waals surface area contributed by atoms with Gasteiger partial charge in [0, 0.05) is 14.1 Å². The van der Waals surface area contributed by atoms with Crippen LogP contribution in [0, 0.1) is 0 Å². The third-order valence-corrected chi connectivity index (χ3v) is 4.32. The number of halogens is 1. The maximum atomic E-state index is 12.3. The number of benzene rings is 1. The smallest absolute Gasteiger partial charge is 0.265 e. The van der Waals surface area contributed by atoms with Crippen LogP contribution in [0.25, 0.3) is 6.08 Å². The maximum absolute atomic E-state index is 12.3. The number of hydrogen-bond donors (Lipinski definition) is 0. The zero-order valence-corrected chi connectivity index (χ0v) is 15.3. The monoisotopic (exact) mass is 368 g/mol. The Morgan fingerprint density at radius 1 is 1.21 bits per heavy atom.